The molecule has 0 saturated carbocycles. The van der Waals surface area contributed by atoms with Crippen LogP contribution in [0, 0.1) is 17.8 Å². The van der Waals surface area contributed by atoms with Crippen LogP contribution >= 0.6 is 11.8 Å². The van der Waals surface area contributed by atoms with Gasteiger partial charge < -0.3 is 25.6 Å². The highest BCUT2D eigenvalue weighted by molar-refractivity contribution is 7.99. The van der Waals surface area contributed by atoms with Crippen LogP contribution in [0.15, 0.2) is 108 Å². The quantitative estimate of drug-likeness (QED) is 0.0314. The molecule has 4 N–H and O–H groups in total. The number of unbranched alkanes of at least 4 members (excludes halogenated alkanes) is 2. The molecule has 2 heterocycles. The molecule has 0 radical (unpaired) electrons. The Balaban J connectivity index is 0.000000349. The number of hydrogen-bond donors (Lipinski definition) is 4. The Bertz CT molecular complexity index is 2120. The van der Waals surface area contributed by atoms with Gasteiger partial charge in [0.1, 0.15) is 11.8 Å². The molecule has 1 aliphatic carbocycles. The Morgan fingerprint density at radius 3 is 2.41 bits per heavy atom. The molecule has 1 saturated heterocycles. The summed E-state index contributed by atoms with van der Waals surface area (Å²) in [6.45, 7) is 12.3. The van der Waals surface area contributed by atoms with E-state index in [9.17, 15) is 24.6 Å². The third kappa shape index (κ3) is 16.2. The van der Waals surface area contributed by atoms with Crippen molar-refractivity contribution in [3.8, 4) is 17.6 Å². The van der Waals surface area contributed by atoms with Crippen molar-refractivity contribution < 1.29 is 29.3 Å². The zero-order valence-electron chi connectivity index (χ0n) is 37.5. The number of fused-ring (bicyclic) bond motifs is 1. The highest BCUT2D eigenvalue weighted by Gasteiger charge is 2.37. The van der Waals surface area contributed by atoms with Crippen molar-refractivity contribution in [2.75, 3.05) is 31.9 Å². The predicted molar refractivity (Wildman–Crippen MR) is 250 cm³/mol. The summed E-state index contributed by atoms with van der Waals surface area (Å²) in [6, 6.07) is 28.2. The van der Waals surface area contributed by atoms with Crippen molar-refractivity contribution in [2.24, 2.45) is 5.92 Å². The maximum Gasteiger partial charge on any atom is 0.308 e. The summed E-state index contributed by atoms with van der Waals surface area (Å²) < 4.78 is 5.13. The minimum Gasteiger partial charge on any atom is -0.426 e. The van der Waals surface area contributed by atoms with E-state index in [-0.39, 0.29) is 30.7 Å². The number of aromatic nitrogens is 1. The van der Waals surface area contributed by atoms with Gasteiger partial charge in [-0.1, -0.05) is 92.1 Å². The third-order valence-electron chi connectivity index (χ3n) is 10.9. The number of benzene rings is 3. The van der Waals surface area contributed by atoms with Gasteiger partial charge in [0.2, 0.25) is 11.8 Å². The Morgan fingerprint density at radius 1 is 0.952 bits per heavy atom. The van der Waals surface area contributed by atoms with E-state index < -0.39 is 35.7 Å². The first-order chi connectivity index (χ1) is 30.3. The number of thioether (sulfide) groups is 1. The molecule has 1 aliphatic heterocycles. The second-order valence-electron chi connectivity index (χ2n) is 17.4. The molecule has 0 spiro atoms. The van der Waals surface area contributed by atoms with Crippen molar-refractivity contribution >= 4 is 29.5 Å². The molecule has 1 aromatic heterocycles. The fraction of sp³-hybridized carbons (Fsp3) is 0.451. The van der Waals surface area contributed by atoms with E-state index in [0.29, 0.717) is 38.2 Å². The number of amides is 2. The number of aliphatic hydroxyl groups is 2. The number of nitrogens with zero attached hydrogens (tertiary/aromatic N) is 3. The van der Waals surface area contributed by atoms with Crippen molar-refractivity contribution in [1.29, 1.82) is 0 Å². The van der Waals surface area contributed by atoms with E-state index in [2.05, 4.69) is 44.2 Å². The maximum absolute atomic E-state index is 13.8. The SMILES string of the molecule is CC(C)(C)NC(=O)[C@@H]1CN(Cc2cccnc2)CCN1C[C@@H](O)C[C@H](Cc1ccccc1)C(=O)N[C@H]1c2ccccc2C[C@H]1O.CCCCC#CCSc1ccccc1OC(C)=O. The number of nitrogens with one attached hydrogen (secondary N) is 2. The van der Waals surface area contributed by atoms with Crippen LogP contribution in [0.2, 0.25) is 0 Å². The third-order valence-corrected chi connectivity index (χ3v) is 11.8. The Kier molecular flexibility index (Phi) is 19.2. The second-order valence-corrected chi connectivity index (χ2v) is 18.4. The van der Waals surface area contributed by atoms with Gasteiger partial charge in [0.05, 0.1) is 28.9 Å². The Labute approximate surface area is 378 Å². The molecule has 0 unspecified atom stereocenters. The van der Waals surface area contributed by atoms with Gasteiger partial charge >= 0.3 is 5.97 Å². The van der Waals surface area contributed by atoms with Gasteiger partial charge in [-0.15, -0.1) is 17.7 Å². The summed E-state index contributed by atoms with van der Waals surface area (Å²) in [5, 5.41) is 28.5. The largest absolute Gasteiger partial charge is 0.426 e. The summed E-state index contributed by atoms with van der Waals surface area (Å²) in [4.78, 5) is 47.8. The van der Waals surface area contributed by atoms with Gasteiger partial charge in [-0.25, -0.2) is 0 Å². The first-order valence-corrected chi connectivity index (χ1v) is 23.1. The van der Waals surface area contributed by atoms with Crippen LogP contribution < -0.4 is 15.4 Å². The highest BCUT2D eigenvalue weighted by Crippen LogP contribution is 2.32. The summed E-state index contributed by atoms with van der Waals surface area (Å²) in [5.41, 5.74) is 3.68. The lowest BCUT2D eigenvalue weighted by molar-refractivity contribution is -0.132. The van der Waals surface area contributed by atoms with Crippen molar-refractivity contribution in [3.05, 3.63) is 126 Å². The fourth-order valence-corrected chi connectivity index (χ4v) is 8.65. The lowest BCUT2D eigenvalue weighted by atomic mass is 9.91. The van der Waals surface area contributed by atoms with Crippen LogP contribution in [0.5, 0.6) is 5.75 Å². The smallest absolute Gasteiger partial charge is 0.308 e. The number of rotatable bonds is 16. The van der Waals surface area contributed by atoms with Crippen molar-refractivity contribution in [2.45, 2.75) is 114 Å². The molecule has 11 nitrogen and oxygen atoms in total. The van der Waals surface area contributed by atoms with Crippen LogP contribution in [0.1, 0.15) is 88.6 Å². The minimum absolute atomic E-state index is 0.0712. The molecule has 12 heteroatoms. The second kappa shape index (κ2) is 24.7. The number of esters is 1. The van der Waals surface area contributed by atoms with Gasteiger partial charge in [0.15, 0.2) is 0 Å². The summed E-state index contributed by atoms with van der Waals surface area (Å²) in [6.07, 6.45) is 6.55. The first kappa shape index (κ1) is 49.0. The fourth-order valence-electron chi connectivity index (χ4n) is 7.89. The number of para-hydroxylation sites is 1. The van der Waals surface area contributed by atoms with Crippen molar-refractivity contribution in [1.82, 2.24) is 25.4 Å². The van der Waals surface area contributed by atoms with Gasteiger partial charge in [0, 0.05) is 76.3 Å². The minimum atomic E-state index is -0.833. The Hall–Kier alpha value is -5.03. The average molecular weight is 876 g/mol. The molecule has 4 aromatic rings. The molecule has 0 bridgehead atoms. The Morgan fingerprint density at radius 2 is 1.68 bits per heavy atom. The summed E-state index contributed by atoms with van der Waals surface area (Å²) in [5.74, 6) is 6.52. The zero-order chi connectivity index (χ0) is 45.2. The normalized spacial score (nSPS) is 18.4. The molecular formula is C51H65N5O6S. The monoisotopic (exact) mass is 875 g/mol. The molecule has 2 amide bonds. The number of carbonyl (C=O) groups excluding carboxylic acids is 3. The summed E-state index contributed by atoms with van der Waals surface area (Å²) >= 11 is 1.60. The number of carbonyl (C=O) groups is 3. The first-order valence-electron chi connectivity index (χ1n) is 22.1. The van der Waals surface area contributed by atoms with E-state index in [1.54, 1.807) is 24.0 Å². The van der Waals surface area contributed by atoms with Crippen LogP contribution in [0.4, 0.5) is 0 Å². The number of hydrogen-bond acceptors (Lipinski definition) is 10. The van der Waals surface area contributed by atoms with Gasteiger partial charge in [-0.2, -0.15) is 0 Å². The van der Waals surface area contributed by atoms with Gasteiger partial charge in [-0.3, -0.25) is 29.2 Å². The molecule has 1 fully saturated rings. The topological polar surface area (TPSA) is 144 Å². The van der Waals surface area contributed by atoms with E-state index in [4.69, 9.17) is 4.74 Å². The van der Waals surface area contributed by atoms with E-state index >= 15 is 0 Å². The average Bonchev–Trinajstić information content (AvgIpc) is 3.57. The van der Waals surface area contributed by atoms with Gasteiger partial charge in [0.25, 0.3) is 0 Å². The van der Waals surface area contributed by atoms with E-state index in [1.165, 1.54) is 13.3 Å². The molecular weight excluding hydrogens is 811 g/mol. The molecule has 336 valence electrons. The maximum atomic E-state index is 13.8. The van der Waals surface area contributed by atoms with Crippen LogP contribution in [-0.4, -0.2) is 98.5 Å². The number of β-amino-alcohol motifs (C(OH)–C–C–N with tert-alkyl or cyclic N) is 1. The molecule has 5 atom stereocenters. The highest BCUT2D eigenvalue weighted by atomic mass is 32.2. The van der Waals surface area contributed by atoms with Gasteiger partial charge in [-0.05, 0) is 80.5 Å². The number of pyridine rings is 1. The van der Waals surface area contributed by atoms with Crippen LogP contribution in [0.25, 0.3) is 0 Å². The number of aliphatic hydroxyl groups excluding tert-OH is 2. The molecule has 3 aromatic carbocycles. The predicted octanol–water partition coefficient (Wildman–Crippen LogP) is 6.76. The lowest BCUT2D eigenvalue weighted by Crippen LogP contribution is -2.61. The standard InChI is InChI=1S/C36H47N5O4.C15H18O2S/c1-36(2,3)39-35(45)31-24-40(22-26-12-9-15-37-21-26)16-17-41(31)23-29(42)19-28(18-25-10-5-4-6-11-25)34(44)38-33-30-14-8-7-13-27(30)20-32(33)43;1-3-4-5-6-9-12-18-15-11-8-7-10-14(15)17-13(2)16/h4-15,21,28-29,31-33,42-43H,16-20,22-24H2,1-3H3,(H,38,44)(H,39,45);7-8,10-11H,3-5,12H2,1-2H3/t28-,29-,31-,32+,33-;/m0./s1. The van der Waals surface area contributed by atoms with E-state index in [1.807, 2.05) is 112 Å². The zero-order valence-corrected chi connectivity index (χ0v) is 38.3. The lowest BCUT2D eigenvalue weighted by Gasteiger charge is -2.42. The van der Waals surface area contributed by atoms with Crippen LogP contribution in [-0.2, 0) is 33.8 Å². The van der Waals surface area contributed by atoms with Crippen molar-refractivity contribution in [3.63, 3.8) is 0 Å². The number of ether oxygens (including phenoxy) is 1. The van der Waals surface area contributed by atoms with Crippen LogP contribution in [0.3, 0.4) is 0 Å². The molecule has 63 heavy (non-hydrogen) atoms. The molecule has 6 rings (SSSR count). The summed E-state index contributed by atoms with van der Waals surface area (Å²) in [7, 11) is 0. The van der Waals surface area contributed by atoms with E-state index in [0.717, 1.165) is 52.3 Å². The number of piperazine rings is 1. The molecule has 2 aliphatic rings.